The number of carbonyl (C=O) groups is 1. The Balaban J connectivity index is 1.35. The van der Waals surface area contributed by atoms with Gasteiger partial charge in [0, 0.05) is 17.8 Å². The Kier molecular flexibility index (Phi) is 5.90. The molecule has 1 saturated heterocycles. The van der Waals surface area contributed by atoms with Gasteiger partial charge >= 0.3 is 0 Å². The molecule has 1 amide bonds. The molecule has 0 saturated carbocycles. The number of nitrogens with zero attached hydrogens (tertiary/aromatic N) is 2. The zero-order chi connectivity index (χ0) is 22.0. The Morgan fingerprint density at radius 2 is 1.87 bits per heavy atom. The highest BCUT2D eigenvalue weighted by molar-refractivity contribution is 8.25. The van der Waals surface area contributed by atoms with Crippen LogP contribution in [0.3, 0.4) is 0 Å². The lowest BCUT2D eigenvalue weighted by Crippen LogP contribution is -2.22. The van der Waals surface area contributed by atoms with Crippen LogP contribution in [0, 0.1) is 13.8 Å². The van der Waals surface area contributed by atoms with E-state index >= 15 is 0 Å². The summed E-state index contributed by atoms with van der Waals surface area (Å²) in [6, 6.07) is 13.6. The lowest BCUT2D eigenvalue weighted by Gasteiger charge is -2.63. The van der Waals surface area contributed by atoms with E-state index in [1.165, 1.54) is 4.31 Å². The average Bonchev–Trinajstić information content (AvgIpc) is 3.27. The molecule has 1 N–H and O–H groups in total. The molecular formula is C22H23N3O5S-2. The number of ether oxygens (including phenoxy) is 1. The van der Waals surface area contributed by atoms with Gasteiger partial charge in [-0.2, -0.15) is 0 Å². The second-order valence-corrected chi connectivity index (χ2v) is 9.37. The Hall–Kier alpha value is -3.01. The number of sulfonamides is 1. The third kappa shape index (κ3) is 4.68. The van der Waals surface area contributed by atoms with E-state index in [1.54, 1.807) is 48.5 Å². The average molecular weight is 442 g/mol. The van der Waals surface area contributed by atoms with E-state index in [0.717, 1.165) is 17.0 Å². The number of aromatic nitrogens is 1. The highest BCUT2D eigenvalue weighted by Crippen LogP contribution is 2.50. The fourth-order valence-electron chi connectivity index (χ4n) is 3.41. The summed E-state index contributed by atoms with van der Waals surface area (Å²) in [7, 11) is -3.22. The highest BCUT2D eigenvalue weighted by Gasteiger charge is 2.17. The molecular weight excluding hydrogens is 418 g/mol. The van der Waals surface area contributed by atoms with E-state index in [9.17, 15) is 13.9 Å². The molecule has 0 bridgehead atoms. The van der Waals surface area contributed by atoms with Crippen LogP contribution in [0.5, 0.6) is 5.75 Å². The normalized spacial score (nSPS) is 16.2. The molecule has 164 valence electrons. The van der Waals surface area contributed by atoms with E-state index in [4.69, 9.17) is 9.26 Å². The minimum atomic E-state index is -3.22. The van der Waals surface area contributed by atoms with Gasteiger partial charge < -0.3 is 38.8 Å². The van der Waals surface area contributed by atoms with E-state index in [0.29, 0.717) is 42.3 Å². The second-order valence-electron chi connectivity index (χ2n) is 7.36. The zero-order valence-electron chi connectivity index (χ0n) is 17.3. The quantitative estimate of drug-likeness (QED) is 0.606. The molecule has 8 nitrogen and oxygen atoms in total. The lowest BCUT2D eigenvalue weighted by molar-refractivity contribution is 0.102. The predicted molar refractivity (Wildman–Crippen MR) is 117 cm³/mol. The van der Waals surface area contributed by atoms with Crippen molar-refractivity contribution in [2.75, 3.05) is 21.9 Å². The van der Waals surface area contributed by atoms with Gasteiger partial charge in [0.05, 0.1) is 16.9 Å². The van der Waals surface area contributed by atoms with Crippen LogP contribution >= 0.6 is 10.8 Å². The monoisotopic (exact) mass is 441 g/mol. The summed E-state index contributed by atoms with van der Waals surface area (Å²) in [5, 5.41) is 6.72. The van der Waals surface area contributed by atoms with Crippen LogP contribution in [0.1, 0.15) is 33.8 Å². The first-order valence-corrected chi connectivity index (χ1v) is 11.5. The molecule has 31 heavy (non-hydrogen) atoms. The SMILES string of the molecule is Cc1noc(C)c1COc1ccc(C(=O)Nc2ccc(N3CCCS3([O-])[O-])cc2)cc1. The Morgan fingerprint density at radius 3 is 2.45 bits per heavy atom. The molecule has 1 aromatic heterocycles. The van der Waals surface area contributed by atoms with Gasteiger partial charge in [-0.15, -0.1) is 0 Å². The number of hydrogen-bond acceptors (Lipinski definition) is 7. The molecule has 0 aliphatic carbocycles. The van der Waals surface area contributed by atoms with Crippen molar-refractivity contribution in [1.82, 2.24) is 5.16 Å². The van der Waals surface area contributed by atoms with Crippen LogP contribution in [0.25, 0.3) is 0 Å². The largest absolute Gasteiger partial charge is 0.783 e. The van der Waals surface area contributed by atoms with Crippen LogP contribution in [0.2, 0.25) is 0 Å². The maximum atomic E-state index is 12.5. The van der Waals surface area contributed by atoms with Crippen LogP contribution in [-0.2, 0) is 6.61 Å². The van der Waals surface area contributed by atoms with Crippen molar-refractivity contribution in [2.24, 2.45) is 0 Å². The predicted octanol–water partition coefficient (Wildman–Crippen LogP) is 4.31. The molecule has 0 atom stereocenters. The third-order valence-electron chi connectivity index (χ3n) is 5.19. The standard InChI is InChI=1S/C22H25N3O5S/c1-15-21(16(2)30-24-15)14-29-20-10-4-17(5-11-20)22(26)23-18-6-8-19(9-7-18)25-12-3-13-31(25,27)28/h4-11,27-28H,3,12-14H2,1-2H3,(H,23,26)/p-2. The van der Waals surface area contributed by atoms with E-state index < -0.39 is 10.8 Å². The molecule has 1 fully saturated rings. The summed E-state index contributed by atoms with van der Waals surface area (Å²) in [4.78, 5) is 12.5. The number of benzene rings is 2. The number of carbonyl (C=O) groups excluding carboxylic acids is 1. The Morgan fingerprint density at radius 1 is 1.16 bits per heavy atom. The molecule has 1 aliphatic rings. The summed E-state index contributed by atoms with van der Waals surface area (Å²) in [5.74, 6) is 1.26. The molecule has 0 radical (unpaired) electrons. The van der Waals surface area contributed by atoms with Crippen molar-refractivity contribution >= 4 is 28.1 Å². The molecule has 0 spiro atoms. The Bertz CT molecular complexity index is 1040. The van der Waals surface area contributed by atoms with Crippen LogP contribution < -0.4 is 14.4 Å². The van der Waals surface area contributed by atoms with Crippen molar-refractivity contribution in [3.63, 3.8) is 0 Å². The number of aryl methyl sites for hydroxylation is 2. The molecule has 3 aromatic rings. The van der Waals surface area contributed by atoms with E-state index in [2.05, 4.69) is 10.5 Å². The van der Waals surface area contributed by atoms with Gasteiger partial charge in [-0.25, -0.2) is 0 Å². The van der Waals surface area contributed by atoms with Gasteiger partial charge in [-0.1, -0.05) is 5.16 Å². The first-order chi connectivity index (χ1) is 14.8. The maximum Gasteiger partial charge on any atom is 0.255 e. The first-order valence-electron chi connectivity index (χ1n) is 9.90. The molecule has 2 aromatic carbocycles. The number of rotatable bonds is 6. The second kappa shape index (κ2) is 8.62. The van der Waals surface area contributed by atoms with Gasteiger partial charge in [-0.05, 0) is 74.6 Å². The van der Waals surface area contributed by atoms with Gasteiger partial charge in [-0.3, -0.25) is 4.79 Å². The molecule has 4 rings (SSSR count). The van der Waals surface area contributed by atoms with Crippen molar-refractivity contribution in [1.29, 1.82) is 0 Å². The summed E-state index contributed by atoms with van der Waals surface area (Å²) in [6.45, 7) is 4.52. The third-order valence-corrected chi connectivity index (χ3v) is 7.06. The van der Waals surface area contributed by atoms with Gasteiger partial charge in [0.2, 0.25) is 0 Å². The summed E-state index contributed by atoms with van der Waals surface area (Å²) < 4.78 is 36.3. The fourth-order valence-corrected chi connectivity index (χ4v) is 4.97. The maximum absolute atomic E-state index is 12.5. The number of hydrogen-bond donors (Lipinski definition) is 1. The topological polar surface area (TPSA) is 114 Å². The van der Waals surface area contributed by atoms with Gasteiger partial charge in [0.1, 0.15) is 18.1 Å². The minimum absolute atomic E-state index is 0.170. The highest BCUT2D eigenvalue weighted by atomic mass is 32.3. The van der Waals surface area contributed by atoms with Crippen molar-refractivity contribution in [2.45, 2.75) is 26.9 Å². The van der Waals surface area contributed by atoms with Gasteiger partial charge in [0.15, 0.2) is 0 Å². The minimum Gasteiger partial charge on any atom is -0.783 e. The number of nitrogens with one attached hydrogen (secondary N) is 1. The fraction of sp³-hybridized carbons (Fsp3) is 0.273. The lowest BCUT2D eigenvalue weighted by atomic mass is 10.2. The van der Waals surface area contributed by atoms with Crippen LogP contribution in [0.4, 0.5) is 11.4 Å². The summed E-state index contributed by atoms with van der Waals surface area (Å²) >= 11 is 0. The number of anilines is 2. The van der Waals surface area contributed by atoms with Gasteiger partial charge in [0.25, 0.3) is 5.91 Å². The summed E-state index contributed by atoms with van der Waals surface area (Å²) in [5.41, 5.74) is 3.38. The molecule has 0 unspecified atom stereocenters. The first kappa shape index (κ1) is 21.2. The molecule has 1 aliphatic heterocycles. The van der Waals surface area contributed by atoms with E-state index in [1.807, 2.05) is 13.8 Å². The van der Waals surface area contributed by atoms with Crippen LogP contribution in [0.15, 0.2) is 53.1 Å². The van der Waals surface area contributed by atoms with Crippen molar-refractivity contribution in [3.05, 3.63) is 71.1 Å². The van der Waals surface area contributed by atoms with Crippen molar-refractivity contribution < 1.29 is 23.2 Å². The smallest absolute Gasteiger partial charge is 0.255 e. The van der Waals surface area contributed by atoms with Crippen LogP contribution in [-0.4, -0.2) is 32.5 Å². The van der Waals surface area contributed by atoms with Crippen molar-refractivity contribution in [3.8, 4) is 5.75 Å². The zero-order valence-corrected chi connectivity index (χ0v) is 18.1. The van der Waals surface area contributed by atoms with E-state index in [-0.39, 0.29) is 11.7 Å². The Labute approximate surface area is 182 Å². The molecule has 2 heterocycles. The molecule has 9 heteroatoms. The number of amides is 1. The summed E-state index contributed by atoms with van der Waals surface area (Å²) in [6.07, 6.45) is 0.624.